The number of hydrogen-bond acceptors (Lipinski definition) is 5. The third-order valence-corrected chi connectivity index (χ3v) is 5.18. The van der Waals surface area contributed by atoms with Gasteiger partial charge in [0.15, 0.2) is 11.5 Å². The Balaban J connectivity index is 1.55. The van der Waals surface area contributed by atoms with Gasteiger partial charge in [-0.25, -0.2) is 0 Å². The summed E-state index contributed by atoms with van der Waals surface area (Å²) in [5.41, 5.74) is 3.59. The molecule has 2 N–H and O–H groups in total. The highest BCUT2D eigenvalue weighted by atomic mass is 35.5. The van der Waals surface area contributed by atoms with Gasteiger partial charge in [-0.2, -0.15) is 5.10 Å². The lowest BCUT2D eigenvalue weighted by Crippen LogP contribution is -2.13. The van der Waals surface area contributed by atoms with E-state index < -0.39 is 5.91 Å². The van der Waals surface area contributed by atoms with Crippen LogP contribution in [0.2, 0.25) is 5.02 Å². The van der Waals surface area contributed by atoms with Crippen LogP contribution < -0.4 is 5.32 Å². The van der Waals surface area contributed by atoms with E-state index in [4.69, 9.17) is 16.1 Å². The van der Waals surface area contributed by atoms with Crippen molar-refractivity contribution < 1.29 is 14.4 Å². The van der Waals surface area contributed by atoms with Crippen LogP contribution in [0.3, 0.4) is 0 Å². The number of para-hydroxylation sites is 1. The predicted octanol–water partition coefficient (Wildman–Crippen LogP) is 4.81. The van der Waals surface area contributed by atoms with Gasteiger partial charge in [0.2, 0.25) is 0 Å². The topological polar surface area (TPSA) is 93.2 Å². The number of rotatable bonds is 5. The minimum absolute atomic E-state index is 0.0492. The fraction of sp³-hybridized carbons (Fsp3) is 0.136. The number of aromatic hydroxyl groups is 1. The van der Waals surface area contributed by atoms with Gasteiger partial charge >= 0.3 is 0 Å². The molecule has 0 saturated heterocycles. The molecule has 1 amide bonds. The van der Waals surface area contributed by atoms with E-state index in [1.54, 1.807) is 22.9 Å². The first-order chi connectivity index (χ1) is 14.4. The second kappa shape index (κ2) is 8.04. The summed E-state index contributed by atoms with van der Waals surface area (Å²) >= 11 is 6.25. The van der Waals surface area contributed by atoms with Gasteiger partial charge in [0, 0.05) is 11.1 Å². The van der Waals surface area contributed by atoms with E-state index in [1.807, 2.05) is 38.1 Å². The van der Waals surface area contributed by atoms with E-state index >= 15 is 0 Å². The van der Waals surface area contributed by atoms with Crippen LogP contribution in [-0.4, -0.2) is 26.0 Å². The average Bonchev–Trinajstić information content (AvgIpc) is 3.31. The zero-order valence-electron chi connectivity index (χ0n) is 16.4. The quantitative estimate of drug-likeness (QED) is 0.481. The van der Waals surface area contributed by atoms with E-state index in [-0.39, 0.29) is 11.4 Å². The van der Waals surface area contributed by atoms with Gasteiger partial charge in [-0.3, -0.25) is 9.48 Å². The summed E-state index contributed by atoms with van der Waals surface area (Å²) in [5, 5.41) is 21.8. The van der Waals surface area contributed by atoms with Crippen LogP contribution in [0.25, 0.3) is 11.3 Å². The SMILES string of the molecule is Cc1nn(Cc2ccccc2Cl)c(C)c1NC(=O)c1cc(-c2ccccc2O)on1. The maximum atomic E-state index is 12.7. The molecule has 7 nitrogen and oxygen atoms in total. The zero-order chi connectivity index (χ0) is 21.3. The van der Waals surface area contributed by atoms with E-state index in [1.165, 1.54) is 12.1 Å². The Bertz CT molecular complexity index is 1230. The second-order valence-corrected chi connectivity index (χ2v) is 7.25. The molecule has 152 valence electrons. The number of nitrogens with one attached hydrogen (secondary N) is 1. The fourth-order valence-electron chi connectivity index (χ4n) is 3.19. The van der Waals surface area contributed by atoms with E-state index in [9.17, 15) is 9.90 Å². The van der Waals surface area contributed by atoms with E-state index in [0.29, 0.717) is 34.3 Å². The Hall–Kier alpha value is -3.58. The van der Waals surface area contributed by atoms with Crippen molar-refractivity contribution in [2.75, 3.05) is 5.32 Å². The van der Waals surface area contributed by atoms with Crippen molar-refractivity contribution in [3.05, 3.63) is 82.3 Å². The molecule has 0 fully saturated rings. The standard InChI is InChI=1S/C22H19ClN4O3/c1-13-21(14(2)27(25-13)12-15-7-3-5-9-17(15)23)24-22(29)18-11-20(30-26-18)16-8-4-6-10-19(16)28/h3-11,28H,12H2,1-2H3,(H,24,29). The molecule has 0 aliphatic carbocycles. The van der Waals surface area contributed by atoms with Crippen molar-refractivity contribution in [3.63, 3.8) is 0 Å². The lowest BCUT2D eigenvalue weighted by Gasteiger charge is -2.07. The highest BCUT2D eigenvalue weighted by molar-refractivity contribution is 6.31. The molecule has 2 aromatic heterocycles. The van der Waals surface area contributed by atoms with Crippen molar-refractivity contribution >= 4 is 23.2 Å². The Morgan fingerprint density at radius 3 is 2.67 bits per heavy atom. The highest BCUT2D eigenvalue weighted by Gasteiger charge is 2.19. The number of benzene rings is 2. The minimum atomic E-state index is -0.427. The fourth-order valence-corrected chi connectivity index (χ4v) is 3.38. The third-order valence-electron chi connectivity index (χ3n) is 4.81. The molecule has 2 heterocycles. The van der Waals surface area contributed by atoms with Gasteiger partial charge in [-0.05, 0) is 37.6 Å². The first-order valence-corrected chi connectivity index (χ1v) is 9.65. The predicted molar refractivity (Wildman–Crippen MR) is 114 cm³/mol. The second-order valence-electron chi connectivity index (χ2n) is 6.84. The monoisotopic (exact) mass is 422 g/mol. The summed E-state index contributed by atoms with van der Waals surface area (Å²) in [6.45, 7) is 4.19. The number of carbonyl (C=O) groups excluding carboxylic acids is 1. The van der Waals surface area contributed by atoms with Crippen molar-refractivity contribution in [3.8, 4) is 17.1 Å². The number of nitrogens with zero attached hydrogens (tertiary/aromatic N) is 3. The van der Waals surface area contributed by atoms with Crippen molar-refractivity contribution in [1.82, 2.24) is 14.9 Å². The largest absolute Gasteiger partial charge is 0.507 e. The summed E-state index contributed by atoms with van der Waals surface area (Å²) in [6, 6.07) is 15.7. The molecule has 0 saturated carbocycles. The smallest absolute Gasteiger partial charge is 0.277 e. The molecule has 4 rings (SSSR count). The number of hydrogen-bond donors (Lipinski definition) is 2. The van der Waals surface area contributed by atoms with Crippen LogP contribution in [0.15, 0.2) is 59.1 Å². The molecule has 0 aliphatic rings. The van der Waals surface area contributed by atoms with E-state index in [2.05, 4.69) is 15.6 Å². The molecular weight excluding hydrogens is 404 g/mol. The summed E-state index contributed by atoms with van der Waals surface area (Å²) in [7, 11) is 0. The number of aryl methyl sites for hydroxylation is 1. The maximum Gasteiger partial charge on any atom is 0.277 e. The third kappa shape index (κ3) is 3.79. The van der Waals surface area contributed by atoms with Gasteiger partial charge in [0.1, 0.15) is 5.75 Å². The van der Waals surface area contributed by atoms with Gasteiger partial charge in [-0.1, -0.05) is 47.1 Å². The van der Waals surface area contributed by atoms with Gasteiger partial charge in [0.25, 0.3) is 5.91 Å². The molecule has 0 unspecified atom stereocenters. The number of phenols is 1. The summed E-state index contributed by atoms with van der Waals surface area (Å²) in [6.07, 6.45) is 0. The number of aromatic nitrogens is 3. The van der Waals surface area contributed by atoms with Crippen LogP contribution in [-0.2, 0) is 6.54 Å². The lowest BCUT2D eigenvalue weighted by atomic mass is 10.1. The van der Waals surface area contributed by atoms with Crippen LogP contribution in [0.5, 0.6) is 5.75 Å². The molecule has 0 bridgehead atoms. The van der Waals surface area contributed by atoms with Crippen LogP contribution in [0, 0.1) is 13.8 Å². The Morgan fingerprint density at radius 2 is 1.90 bits per heavy atom. The first kappa shape index (κ1) is 19.7. The Kier molecular flexibility index (Phi) is 5.29. The van der Waals surface area contributed by atoms with Crippen LogP contribution in [0.1, 0.15) is 27.4 Å². The molecule has 0 atom stereocenters. The van der Waals surface area contributed by atoms with E-state index in [0.717, 1.165) is 11.3 Å². The van der Waals surface area contributed by atoms with Gasteiger partial charge < -0.3 is 14.9 Å². The van der Waals surface area contributed by atoms with Gasteiger partial charge in [0.05, 0.1) is 29.2 Å². The normalized spacial score (nSPS) is 10.9. The molecule has 8 heteroatoms. The zero-order valence-corrected chi connectivity index (χ0v) is 17.1. The minimum Gasteiger partial charge on any atom is -0.507 e. The van der Waals surface area contributed by atoms with Gasteiger partial charge in [-0.15, -0.1) is 0 Å². The number of anilines is 1. The number of carbonyl (C=O) groups is 1. The molecule has 2 aromatic carbocycles. The number of phenolic OH excluding ortho intramolecular Hbond substituents is 1. The van der Waals surface area contributed by atoms with Crippen LogP contribution >= 0.6 is 11.6 Å². The molecular formula is C22H19ClN4O3. The molecule has 4 aromatic rings. The summed E-state index contributed by atoms with van der Waals surface area (Å²) in [5.74, 6) is -0.0711. The Morgan fingerprint density at radius 1 is 1.17 bits per heavy atom. The maximum absolute atomic E-state index is 12.7. The molecule has 0 radical (unpaired) electrons. The number of amides is 1. The molecule has 30 heavy (non-hydrogen) atoms. The number of halogens is 1. The molecule has 0 spiro atoms. The first-order valence-electron chi connectivity index (χ1n) is 9.28. The van der Waals surface area contributed by atoms with Crippen LogP contribution in [0.4, 0.5) is 5.69 Å². The molecule has 0 aliphatic heterocycles. The summed E-state index contributed by atoms with van der Waals surface area (Å²) < 4.78 is 7.04. The van der Waals surface area contributed by atoms with Crippen molar-refractivity contribution in [2.45, 2.75) is 20.4 Å². The average molecular weight is 423 g/mol. The van der Waals surface area contributed by atoms with Crippen molar-refractivity contribution in [2.24, 2.45) is 0 Å². The Labute approximate surface area is 177 Å². The highest BCUT2D eigenvalue weighted by Crippen LogP contribution is 2.29. The van der Waals surface area contributed by atoms with Crippen molar-refractivity contribution in [1.29, 1.82) is 0 Å². The summed E-state index contributed by atoms with van der Waals surface area (Å²) in [4.78, 5) is 12.7. The lowest BCUT2D eigenvalue weighted by molar-refractivity contribution is 0.101.